The molecule has 0 aromatic heterocycles. The van der Waals surface area contributed by atoms with Crippen LogP contribution in [0, 0.1) is 0 Å². The molecule has 0 saturated heterocycles. The Hall–Kier alpha value is -1.69. The zero-order valence-corrected chi connectivity index (χ0v) is 8.45. The standard InChI is InChI=1S/C9H8NO4S/c11-8(12)10-6-14-9(13)15-7-4-2-1-3-5-7/h1-5,10H,6H2. The maximum absolute atomic E-state index is 11.1. The quantitative estimate of drug-likeness (QED) is 0.486. The summed E-state index contributed by atoms with van der Waals surface area (Å²) in [6, 6.07) is 8.90. The average molecular weight is 226 g/mol. The number of carbonyl (C=O) groups excluding carboxylic acids is 2. The predicted octanol–water partition coefficient (Wildman–Crippen LogP) is 2.01. The molecular weight excluding hydrogens is 218 g/mol. The lowest BCUT2D eigenvalue weighted by molar-refractivity contribution is 0.139. The number of amides is 1. The van der Waals surface area contributed by atoms with Crippen molar-refractivity contribution in [2.75, 3.05) is 6.73 Å². The number of hydrogen-bond donors (Lipinski definition) is 1. The van der Waals surface area contributed by atoms with Crippen molar-refractivity contribution >= 4 is 23.2 Å². The summed E-state index contributed by atoms with van der Waals surface area (Å²) in [5.41, 5.74) is 0. The summed E-state index contributed by atoms with van der Waals surface area (Å²) < 4.78 is 4.55. The lowest BCUT2D eigenvalue weighted by atomic mass is 10.4. The first-order valence-electron chi connectivity index (χ1n) is 4.03. The van der Waals surface area contributed by atoms with Crippen molar-refractivity contribution in [3.63, 3.8) is 0 Å². The Morgan fingerprint density at radius 2 is 1.93 bits per heavy atom. The van der Waals surface area contributed by atoms with Crippen molar-refractivity contribution in [1.82, 2.24) is 5.32 Å². The van der Waals surface area contributed by atoms with Gasteiger partial charge in [0.25, 0.3) is 0 Å². The third kappa shape index (κ3) is 4.92. The van der Waals surface area contributed by atoms with Crippen molar-refractivity contribution in [3.8, 4) is 0 Å². The summed E-state index contributed by atoms with van der Waals surface area (Å²) in [6.45, 7) is -0.402. The fourth-order valence-electron chi connectivity index (χ4n) is 0.768. The molecule has 0 aliphatic carbocycles. The first-order valence-corrected chi connectivity index (χ1v) is 4.84. The van der Waals surface area contributed by atoms with Crippen LogP contribution >= 0.6 is 11.8 Å². The molecule has 0 saturated carbocycles. The predicted molar refractivity (Wildman–Crippen MR) is 52.9 cm³/mol. The van der Waals surface area contributed by atoms with Crippen LogP contribution in [0.25, 0.3) is 0 Å². The minimum Gasteiger partial charge on any atom is -0.436 e. The maximum Gasteiger partial charge on any atom is 0.453 e. The summed E-state index contributed by atoms with van der Waals surface area (Å²) in [5, 5.41) is 11.2. The number of thioether (sulfide) groups is 1. The second-order valence-electron chi connectivity index (χ2n) is 2.42. The van der Waals surface area contributed by atoms with Gasteiger partial charge in [-0.2, -0.15) is 0 Å². The fourth-order valence-corrected chi connectivity index (χ4v) is 1.37. The van der Waals surface area contributed by atoms with Crippen LogP contribution in [0.15, 0.2) is 35.2 Å². The van der Waals surface area contributed by atoms with Crippen LogP contribution in [0.5, 0.6) is 0 Å². The largest absolute Gasteiger partial charge is 0.453 e. The smallest absolute Gasteiger partial charge is 0.436 e. The highest BCUT2D eigenvalue weighted by molar-refractivity contribution is 8.13. The molecule has 0 bridgehead atoms. The molecule has 1 rings (SSSR count). The Morgan fingerprint density at radius 3 is 2.53 bits per heavy atom. The first-order chi connectivity index (χ1) is 7.18. The summed E-state index contributed by atoms with van der Waals surface area (Å²) in [7, 11) is 0. The molecule has 0 aliphatic rings. The summed E-state index contributed by atoms with van der Waals surface area (Å²) in [5.74, 6) is 0. The molecule has 1 radical (unpaired) electrons. The van der Waals surface area contributed by atoms with E-state index in [9.17, 15) is 14.7 Å². The third-order valence-electron chi connectivity index (χ3n) is 1.35. The first kappa shape index (κ1) is 11.4. The van der Waals surface area contributed by atoms with Crippen molar-refractivity contribution in [1.29, 1.82) is 0 Å². The maximum atomic E-state index is 11.1. The number of hydrogen-bond acceptors (Lipinski definition) is 4. The van der Waals surface area contributed by atoms with Gasteiger partial charge in [-0.25, -0.2) is 14.7 Å². The van der Waals surface area contributed by atoms with E-state index in [4.69, 9.17) is 0 Å². The van der Waals surface area contributed by atoms with E-state index in [0.717, 1.165) is 16.7 Å². The number of rotatable bonds is 3. The second kappa shape index (κ2) is 5.92. The number of benzene rings is 1. The van der Waals surface area contributed by atoms with Gasteiger partial charge in [0.15, 0.2) is 6.73 Å². The average Bonchev–Trinajstić information content (AvgIpc) is 2.18. The van der Waals surface area contributed by atoms with Crippen LogP contribution in [-0.2, 0) is 9.84 Å². The van der Waals surface area contributed by atoms with Gasteiger partial charge in [0.2, 0.25) is 0 Å². The molecule has 0 aliphatic heterocycles. The van der Waals surface area contributed by atoms with Crippen LogP contribution in [0.1, 0.15) is 0 Å². The van der Waals surface area contributed by atoms with Gasteiger partial charge < -0.3 is 4.74 Å². The molecule has 15 heavy (non-hydrogen) atoms. The Bertz CT molecular complexity index is 341. The monoisotopic (exact) mass is 226 g/mol. The van der Waals surface area contributed by atoms with Gasteiger partial charge in [0.05, 0.1) is 0 Å². The molecule has 6 heteroatoms. The van der Waals surface area contributed by atoms with E-state index in [0.29, 0.717) is 0 Å². The van der Waals surface area contributed by atoms with Gasteiger partial charge in [0, 0.05) is 4.90 Å². The topological polar surface area (TPSA) is 75.3 Å². The van der Waals surface area contributed by atoms with E-state index >= 15 is 0 Å². The molecule has 1 N–H and O–H groups in total. The Labute approximate surface area is 90.4 Å². The van der Waals surface area contributed by atoms with Gasteiger partial charge in [-0.1, -0.05) is 18.2 Å². The normalized spacial score (nSPS) is 9.33. The van der Waals surface area contributed by atoms with E-state index in [1.807, 2.05) is 11.4 Å². The molecule has 0 fully saturated rings. The lowest BCUT2D eigenvalue weighted by Crippen LogP contribution is -2.23. The van der Waals surface area contributed by atoms with E-state index in [1.165, 1.54) is 0 Å². The molecule has 0 atom stereocenters. The van der Waals surface area contributed by atoms with Crippen molar-refractivity contribution in [2.24, 2.45) is 0 Å². The Morgan fingerprint density at radius 1 is 1.27 bits per heavy atom. The van der Waals surface area contributed by atoms with E-state index in [2.05, 4.69) is 4.74 Å². The molecule has 79 valence electrons. The van der Waals surface area contributed by atoms with Crippen LogP contribution in [0.4, 0.5) is 9.59 Å². The van der Waals surface area contributed by atoms with Crippen LogP contribution in [0.3, 0.4) is 0 Å². The fraction of sp³-hybridized carbons (Fsp3) is 0.111. The zero-order valence-electron chi connectivity index (χ0n) is 7.64. The van der Waals surface area contributed by atoms with Crippen LogP contribution < -0.4 is 5.32 Å². The Balaban J connectivity index is 2.28. The molecule has 0 heterocycles. The Kier molecular flexibility index (Phi) is 4.49. The zero-order chi connectivity index (χ0) is 11.1. The molecule has 1 aromatic rings. The number of ether oxygens (including phenoxy) is 1. The van der Waals surface area contributed by atoms with E-state index < -0.39 is 18.1 Å². The highest BCUT2D eigenvalue weighted by atomic mass is 32.2. The van der Waals surface area contributed by atoms with Crippen molar-refractivity contribution in [3.05, 3.63) is 30.3 Å². The third-order valence-corrected chi connectivity index (χ3v) is 2.14. The molecule has 5 nitrogen and oxygen atoms in total. The minimum absolute atomic E-state index is 0.402. The van der Waals surface area contributed by atoms with E-state index in [1.54, 1.807) is 24.3 Å². The second-order valence-corrected chi connectivity index (χ2v) is 3.43. The molecular formula is C9H8NO4S. The molecule has 0 spiro atoms. The van der Waals surface area contributed by atoms with Crippen molar-refractivity contribution < 1.29 is 19.4 Å². The van der Waals surface area contributed by atoms with Crippen molar-refractivity contribution in [2.45, 2.75) is 4.90 Å². The van der Waals surface area contributed by atoms with Gasteiger partial charge in [-0.05, 0) is 23.9 Å². The van der Waals surface area contributed by atoms with Gasteiger partial charge in [0.1, 0.15) is 0 Å². The van der Waals surface area contributed by atoms with Crippen LogP contribution in [-0.4, -0.2) is 18.1 Å². The highest BCUT2D eigenvalue weighted by Gasteiger charge is 2.05. The SMILES string of the molecule is [O]C(=O)NCOC(=O)Sc1ccccc1. The molecule has 0 unspecified atom stereocenters. The highest BCUT2D eigenvalue weighted by Crippen LogP contribution is 2.18. The summed E-state index contributed by atoms with van der Waals surface area (Å²) in [6.07, 6.45) is -1.48. The van der Waals surface area contributed by atoms with Gasteiger partial charge in [-0.15, -0.1) is 0 Å². The number of nitrogens with one attached hydrogen (secondary N) is 1. The van der Waals surface area contributed by atoms with E-state index in [-0.39, 0.29) is 0 Å². The number of carbonyl (C=O) groups is 2. The summed E-state index contributed by atoms with van der Waals surface area (Å²) >= 11 is 0.881. The molecule has 1 amide bonds. The minimum atomic E-state index is -1.48. The molecule has 1 aromatic carbocycles. The van der Waals surface area contributed by atoms with Crippen LogP contribution in [0.2, 0.25) is 0 Å². The lowest BCUT2D eigenvalue weighted by Gasteiger charge is -2.02. The van der Waals surface area contributed by atoms with Gasteiger partial charge in [-0.3, -0.25) is 5.32 Å². The summed E-state index contributed by atoms with van der Waals surface area (Å²) in [4.78, 5) is 21.7. The van der Waals surface area contributed by atoms with Gasteiger partial charge >= 0.3 is 11.4 Å².